The van der Waals surface area contributed by atoms with Gasteiger partial charge in [0.25, 0.3) is 11.8 Å². The van der Waals surface area contributed by atoms with Crippen LogP contribution >= 0.6 is 11.6 Å². The first-order valence-electron chi connectivity index (χ1n) is 9.34. The van der Waals surface area contributed by atoms with Gasteiger partial charge < -0.3 is 5.32 Å². The second-order valence-electron chi connectivity index (χ2n) is 7.08. The molecule has 0 aromatic heterocycles. The maximum absolute atomic E-state index is 14.4. The first-order valence-corrected chi connectivity index (χ1v) is 9.72. The molecule has 0 unspecified atom stereocenters. The molecule has 4 nitrogen and oxygen atoms in total. The van der Waals surface area contributed by atoms with Crippen molar-refractivity contribution in [3.05, 3.63) is 100.0 Å². The van der Waals surface area contributed by atoms with Gasteiger partial charge in [-0.1, -0.05) is 41.9 Å². The fourth-order valence-electron chi connectivity index (χ4n) is 3.35. The van der Waals surface area contributed by atoms with Crippen molar-refractivity contribution in [2.45, 2.75) is 13.8 Å². The maximum Gasteiger partial charge on any atom is 0.282 e. The summed E-state index contributed by atoms with van der Waals surface area (Å²) < 4.78 is 14.4. The lowest BCUT2D eigenvalue weighted by Gasteiger charge is -2.16. The zero-order valence-corrected chi connectivity index (χ0v) is 17.1. The molecule has 0 fully saturated rings. The van der Waals surface area contributed by atoms with E-state index in [1.807, 2.05) is 32.0 Å². The minimum Gasteiger partial charge on any atom is -0.350 e. The Kier molecular flexibility index (Phi) is 5.14. The quantitative estimate of drug-likeness (QED) is 0.567. The van der Waals surface area contributed by atoms with Gasteiger partial charge in [0.15, 0.2) is 0 Å². The molecule has 6 heteroatoms. The number of carbonyl (C=O) groups is 2. The fraction of sp³-hybridized carbons (Fsp3) is 0.0833. The summed E-state index contributed by atoms with van der Waals surface area (Å²) in [6.45, 7) is 3.95. The highest BCUT2D eigenvalue weighted by molar-refractivity contribution is 6.46. The predicted octanol–water partition coefficient (Wildman–Crippen LogP) is 5.49. The number of nitrogens with zero attached hydrogens (tertiary/aromatic N) is 1. The summed E-state index contributed by atoms with van der Waals surface area (Å²) in [5, 5.41) is 3.59. The van der Waals surface area contributed by atoms with Crippen LogP contribution in [0.25, 0.3) is 5.57 Å². The summed E-state index contributed by atoms with van der Waals surface area (Å²) in [7, 11) is 0. The summed E-state index contributed by atoms with van der Waals surface area (Å²) in [4.78, 5) is 27.4. The van der Waals surface area contributed by atoms with E-state index in [1.165, 1.54) is 18.2 Å². The van der Waals surface area contributed by atoms with Gasteiger partial charge in [0, 0.05) is 10.7 Å². The van der Waals surface area contributed by atoms with E-state index in [0.29, 0.717) is 16.3 Å². The van der Waals surface area contributed by atoms with E-state index in [-0.39, 0.29) is 17.0 Å². The molecule has 0 atom stereocenters. The Hall–Kier alpha value is -3.44. The molecule has 0 bridgehead atoms. The molecule has 1 heterocycles. The monoisotopic (exact) mass is 420 g/mol. The van der Waals surface area contributed by atoms with Gasteiger partial charge in [0.05, 0.1) is 11.3 Å². The molecule has 2 amide bonds. The summed E-state index contributed by atoms with van der Waals surface area (Å²) in [6.07, 6.45) is 0. The largest absolute Gasteiger partial charge is 0.350 e. The number of aryl methyl sites for hydroxylation is 2. The highest BCUT2D eigenvalue weighted by Gasteiger charge is 2.41. The number of rotatable bonds is 4. The number of anilines is 2. The Morgan fingerprint density at radius 3 is 2.23 bits per heavy atom. The smallest absolute Gasteiger partial charge is 0.282 e. The highest BCUT2D eigenvalue weighted by atomic mass is 35.5. The van der Waals surface area contributed by atoms with E-state index in [0.717, 1.165) is 16.0 Å². The Bertz CT molecular complexity index is 1200. The molecule has 1 aliphatic rings. The van der Waals surface area contributed by atoms with Gasteiger partial charge in [-0.3, -0.25) is 9.59 Å². The van der Waals surface area contributed by atoms with Crippen LogP contribution in [0.2, 0.25) is 5.02 Å². The molecule has 0 spiro atoms. The summed E-state index contributed by atoms with van der Waals surface area (Å²) in [5.74, 6) is -1.87. The minimum atomic E-state index is -0.651. The summed E-state index contributed by atoms with van der Waals surface area (Å²) in [6, 6.07) is 18.0. The molecular weight excluding hydrogens is 403 g/mol. The first kappa shape index (κ1) is 19.9. The third-order valence-electron chi connectivity index (χ3n) is 5.09. The van der Waals surface area contributed by atoms with Crippen LogP contribution in [0.15, 0.2) is 72.4 Å². The van der Waals surface area contributed by atoms with Crippen LogP contribution in [0.3, 0.4) is 0 Å². The van der Waals surface area contributed by atoms with E-state index < -0.39 is 17.6 Å². The number of carbonyl (C=O) groups excluding carboxylic acids is 2. The van der Waals surface area contributed by atoms with Crippen molar-refractivity contribution in [2.75, 3.05) is 10.2 Å². The lowest BCUT2D eigenvalue weighted by molar-refractivity contribution is -0.120. The van der Waals surface area contributed by atoms with Crippen molar-refractivity contribution in [1.82, 2.24) is 0 Å². The Balaban J connectivity index is 1.84. The highest BCUT2D eigenvalue weighted by Crippen LogP contribution is 2.35. The van der Waals surface area contributed by atoms with Crippen LogP contribution in [0.1, 0.15) is 16.7 Å². The van der Waals surface area contributed by atoms with E-state index in [9.17, 15) is 14.0 Å². The standard InChI is InChI=1S/C24H18ClFN2O2/c1-14-7-12-18(13-15(14)2)27-22-21(16-8-10-17(25)11-9-16)23(29)28(24(22)30)20-6-4-3-5-19(20)26/h3-13,27H,1-2H3. The van der Waals surface area contributed by atoms with Crippen molar-refractivity contribution in [3.8, 4) is 0 Å². The second kappa shape index (κ2) is 7.76. The maximum atomic E-state index is 14.4. The number of imide groups is 1. The predicted molar refractivity (Wildman–Crippen MR) is 117 cm³/mol. The molecule has 0 saturated heterocycles. The van der Waals surface area contributed by atoms with Gasteiger partial charge in [-0.15, -0.1) is 0 Å². The third-order valence-corrected chi connectivity index (χ3v) is 5.34. The number of hydrogen-bond acceptors (Lipinski definition) is 3. The van der Waals surface area contributed by atoms with Crippen LogP contribution < -0.4 is 10.2 Å². The molecule has 4 rings (SSSR count). The van der Waals surface area contributed by atoms with Crippen molar-refractivity contribution in [2.24, 2.45) is 0 Å². The van der Waals surface area contributed by atoms with E-state index in [2.05, 4.69) is 5.32 Å². The van der Waals surface area contributed by atoms with Crippen molar-refractivity contribution >= 4 is 40.4 Å². The Morgan fingerprint density at radius 2 is 1.57 bits per heavy atom. The van der Waals surface area contributed by atoms with Crippen molar-refractivity contribution in [1.29, 1.82) is 0 Å². The Morgan fingerprint density at radius 1 is 0.867 bits per heavy atom. The molecule has 0 radical (unpaired) electrons. The minimum absolute atomic E-state index is 0.0872. The van der Waals surface area contributed by atoms with Gasteiger partial charge in [0.1, 0.15) is 11.5 Å². The number of hydrogen-bond donors (Lipinski definition) is 1. The SMILES string of the molecule is Cc1ccc(NC2=C(c3ccc(Cl)cc3)C(=O)N(c3ccccc3F)C2=O)cc1C. The number of amides is 2. The van der Waals surface area contributed by atoms with E-state index in [1.54, 1.807) is 30.3 Å². The molecule has 150 valence electrons. The summed E-state index contributed by atoms with van der Waals surface area (Å²) >= 11 is 5.98. The third kappa shape index (κ3) is 3.48. The zero-order chi connectivity index (χ0) is 21.4. The molecule has 1 aliphatic heterocycles. The molecular formula is C24H18ClFN2O2. The van der Waals surface area contributed by atoms with Crippen molar-refractivity contribution < 1.29 is 14.0 Å². The number of para-hydroxylation sites is 1. The molecule has 3 aromatic carbocycles. The zero-order valence-electron chi connectivity index (χ0n) is 16.4. The number of nitrogens with one attached hydrogen (secondary N) is 1. The molecule has 1 N–H and O–H groups in total. The van der Waals surface area contributed by atoms with Gasteiger partial charge in [-0.25, -0.2) is 9.29 Å². The first-order chi connectivity index (χ1) is 14.4. The Labute approximate surface area is 178 Å². The van der Waals surface area contributed by atoms with Crippen LogP contribution in [0.4, 0.5) is 15.8 Å². The molecule has 3 aromatic rings. The number of halogens is 2. The second-order valence-corrected chi connectivity index (χ2v) is 7.51. The van der Waals surface area contributed by atoms with Gasteiger partial charge >= 0.3 is 0 Å². The van der Waals surface area contributed by atoms with Crippen LogP contribution in [-0.4, -0.2) is 11.8 Å². The molecule has 30 heavy (non-hydrogen) atoms. The van der Waals surface area contributed by atoms with Crippen LogP contribution in [0.5, 0.6) is 0 Å². The van der Waals surface area contributed by atoms with Gasteiger partial charge in [-0.2, -0.15) is 0 Å². The number of benzene rings is 3. The normalized spacial score (nSPS) is 13.9. The average molecular weight is 421 g/mol. The topological polar surface area (TPSA) is 49.4 Å². The fourth-order valence-corrected chi connectivity index (χ4v) is 3.47. The van der Waals surface area contributed by atoms with Crippen LogP contribution in [0, 0.1) is 19.7 Å². The molecule has 0 aliphatic carbocycles. The lowest BCUT2D eigenvalue weighted by Crippen LogP contribution is -2.33. The summed E-state index contributed by atoms with van der Waals surface area (Å²) in [5.41, 5.74) is 3.49. The van der Waals surface area contributed by atoms with Gasteiger partial charge in [0.2, 0.25) is 0 Å². The molecule has 0 saturated carbocycles. The lowest BCUT2D eigenvalue weighted by atomic mass is 10.0. The van der Waals surface area contributed by atoms with E-state index >= 15 is 0 Å². The van der Waals surface area contributed by atoms with E-state index in [4.69, 9.17) is 11.6 Å². The van der Waals surface area contributed by atoms with Crippen molar-refractivity contribution in [3.63, 3.8) is 0 Å². The van der Waals surface area contributed by atoms with Gasteiger partial charge in [-0.05, 0) is 66.9 Å². The average Bonchev–Trinajstić information content (AvgIpc) is 2.96. The van der Waals surface area contributed by atoms with Crippen LogP contribution in [-0.2, 0) is 9.59 Å².